The van der Waals surface area contributed by atoms with Crippen molar-refractivity contribution < 1.29 is 0 Å². The molecule has 19 heavy (non-hydrogen) atoms. The maximum Gasteiger partial charge on any atom is 0.00976 e. The van der Waals surface area contributed by atoms with Gasteiger partial charge in [-0.05, 0) is 78.9 Å². The molecule has 0 saturated heterocycles. The van der Waals surface area contributed by atoms with Crippen LogP contribution in [0.4, 0.5) is 0 Å². The molecule has 0 N–H and O–H groups in total. The smallest absolute Gasteiger partial charge is 0.00976 e. The number of hydrogen-bond donors (Lipinski definition) is 0. The van der Waals surface area contributed by atoms with Crippen molar-refractivity contribution in [3.63, 3.8) is 0 Å². The SMILES string of the molecule is Cc1sccc1P(c1ccsc1C)c1ccsc1C. The summed E-state index contributed by atoms with van der Waals surface area (Å²) in [5.74, 6) is 0. The number of rotatable bonds is 3. The van der Waals surface area contributed by atoms with E-state index in [1.165, 1.54) is 30.5 Å². The molecule has 3 aromatic rings. The van der Waals surface area contributed by atoms with Gasteiger partial charge in [-0.2, -0.15) is 0 Å². The van der Waals surface area contributed by atoms with Gasteiger partial charge in [-0.1, -0.05) is 0 Å². The predicted molar refractivity (Wildman–Crippen MR) is 93.0 cm³/mol. The Labute approximate surface area is 127 Å². The fourth-order valence-corrected chi connectivity index (χ4v) is 8.00. The first-order valence-electron chi connectivity index (χ1n) is 6.11. The van der Waals surface area contributed by atoms with Crippen LogP contribution in [0.25, 0.3) is 0 Å². The third-order valence-corrected chi connectivity index (χ3v) is 9.11. The van der Waals surface area contributed by atoms with Crippen molar-refractivity contribution in [3.8, 4) is 0 Å². The maximum atomic E-state index is 2.32. The Morgan fingerprint density at radius 3 is 1.16 bits per heavy atom. The first-order valence-corrected chi connectivity index (χ1v) is 10.1. The lowest BCUT2D eigenvalue weighted by Gasteiger charge is -2.18. The molecule has 3 heterocycles. The van der Waals surface area contributed by atoms with Crippen molar-refractivity contribution >= 4 is 57.8 Å². The zero-order chi connectivity index (χ0) is 13.4. The van der Waals surface area contributed by atoms with Crippen molar-refractivity contribution in [1.82, 2.24) is 0 Å². The molecule has 0 radical (unpaired) electrons. The van der Waals surface area contributed by atoms with Crippen molar-refractivity contribution in [2.75, 3.05) is 0 Å². The van der Waals surface area contributed by atoms with Gasteiger partial charge < -0.3 is 0 Å². The number of hydrogen-bond acceptors (Lipinski definition) is 3. The van der Waals surface area contributed by atoms with E-state index in [0.717, 1.165) is 0 Å². The second-order valence-corrected chi connectivity index (χ2v) is 9.90. The Hall–Kier alpha value is -0.470. The molecule has 98 valence electrons. The van der Waals surface area contributed by atoms with E-state index in [1.807, 2.05) is 34.0 Å². The lowest BCUT2D eigenvalue weighted by Crippen LogP contribution is -2.21. The van der Waals surface area contributed by atoms with Gasteiger partial charge in [0, 0.05) is 14.6 Å². The normalized spacial score (nSPS) is 11.4. The highest BCUT2D eigenvalue weighted by Gasteiger charge is 2.23. The van der Waals surface area contributed by atoms with E-state index in [9.17, 15) is 0 Å². The molecule has 4 heteroatoms. The molecule has 0 bridgehead atoms. The van der Waals surface area contributed by atoms with Crippen LogP contribution in [-0.4, -0.2) is 0 Å². The molecular formula is C15H15PS3. The second-order valence-electron chi connectivity index (χ2n) is 4.42. The Morgan fingerprint density at radius 1 is 0.632 bits per heavy atom. The molecule has 0 atom stereocenters. The summed E-state index contributed by atoms with van der Waals surface area (Å²) in [4.78, 5) is 4.38. The molecule has 0 unspecified atom stereocenters. The Morgan fingerprint density at radius 2 is 0.947 bits per heavy atom. The first-order chi connectivity index (χ1) is 9.18. The van der Waals surface area contributed by atoms with Gasteiger partial charge >= 0.3 is 0 Å². The molecule has 0 aromatic carbocycles. The highest BCUT2D eigenvalue weighted by atomic mass is 32.1. The topological polar surface area (TPSA) is 0 Å². The van der Waals surface area contributed by atoms with Gasteiger partial charge in [-0.15, -0.1) is 34.0 Å². The van der Waals surface area contributed by atoms with Crippen molar-refractivity contribution in [3.05, 3.63) is 49.0 Å². The van der Waals surface area contributed by atoms with E-state index < -0.39 is 0 Å². The van der Waals surface area contributed by atoms with Gasteiger partial charge in [0.1, 0.15) is 0 Å². The average Bonchev–Trinajstić information content (AvgIpc) is 3.07. The van der Waals surface area contributed by atoms with Gasteiger partial charge in [0.15, 0.2) is 0 Å². The van der Waals surface area contributed by atoms with Crippen molar-refractivity contribution in [1.29, 1.82) is 0 Å². The largest absolute Gasteiger partial charge is 0.149 e. The summed E-state index contributed by atoms with van der Waals surface area (Å²) in [6.07, 6.45) is 0. The van der Waals surface area contributed by atoms with E-state index in [-0.39, 0.29) is 7.92 Å². The van der Waals surface area contributed by atoms with Crippen LogP contribution in [0, 0.1) is 20.8 Å². The summed E-state index contributed by atoms with van der Waals surface area (Å²) in [6, 6.07) is 6.96. The van der Waals surface area contributed by atoms with E-state index >= 15 is 0 Å². The quantitative estimate of drug-likeness (QED) is 0.620. The van der Waals surface area contributed by atoms with Crippen molar-refractivity contribution in [2.45, 2.75) is 20.8 Å². The lowest BCUT2D eigenvalue weighted by atomic mass is 10.5. The Balaban J connectivity index is 2.20. The molecular weight excluding hydrogens is 307 g/mol. The molecule has 0 aliphatic heterocycles. The third-order valence-electron chi connectivity index (χ3n) is 3.22. The van der Waals surface area contributed by atoms with Gasteiger partial charge in [-0.3, -0.25) is 0 Å². The summed E-state index contributed by atoms with van der Waals surface area (Å²) < 4.78 is 0. The van der Waals surface area contributed by atoms with Crippen molar-refractivity contribution in [2.24, 2.45) is 0 Å². The van der Waals surface area contributed by atoms with E-state index in [0.29, 0.717) is 0 Å². The molecule has 0 saturated carbocycles. The average molecular weight is 322 g/mol. The summed E-state index contributed by atoms with van der Waals surface area (Å²) in [6.45, 7) is 6.75. The van der Waals surface area contributed by atoms with Gasteiger partial charge in [0.2, 0.25) is 0 Å². The molecule has 0 aliphatic rings. The summed E-state index contributed by atoms with van der Waals surface area (Å²) >= 11 is 5.59. The zero-order valence-corrected chi connectivity index (χ0v) is 14.5. The highest BCUT2D eigenvalue weighted by molar-refractivity contribution is 7.81. The lowest BCUT2D eigenvalue weighted by molar-refractivity contribution is 1.66. The van der Waals surface area contributed by atoms with Crippen LogP contribution in [0.1, 0.15) is 14.6 Å². The van der Waals surface area contributed by atoms with E-state index in [4.69, 9.17) is 0 Å². The van der Waals surface area contributed by atoms with Crippen LogP contribution in [0.3, 0.4) is 0 Å². The van der Waals surface area contributed by atoms with Crippen LogP contribution in [-0.2, 0) is 0 Å². The maximum absolute atomic E-state index is 2.32. The summed E-state index contributed by atoms with van der Waals surface area (Å²) in [5.41, 5.74) is 0. The Bertz CT molecular complexity index is 594. The predicted octanol–water partition coefficient (Wildman–Crippen LogP) is 4.55. The molecule has 0 fully saturated rings. The fraction of sp³-hybridized carbons (Fsp3) is 0.200. The third kappa shape index (κ3) is 2.45. The monoisotopic (exact) mass is 322 g/mol. The minimum Gasteiger partial charge on any atom is -0.149 e. The van der Waals surface area contributed by atoms with Crippen LogP contribution in [0.15, 0.2) is 34.3 Å². The van der Waals surface area contributed by atoms with Crippen LogP contribution >= 0.6 is 41.9 Å². The standard InChI is InChI=1S/C15H15PS3/c1-10-13(4-7-17-10)16(14-5-8-18-11(14)2)15-6-9-19-12(15)3/h4-9H,1-3H3. The zero-order valence-electron chi connectivity index (χ0n) is 11.1. The van der Waals surface area contributed by atoms with Gasteiger partial charge in [-0.25, -0.2) is 0 Å². The van der Waals surface area contributed by atoms with Gasteiger partial charge in [0.25, 0.3) is 0 Å². The summed E-state index contributed by atoms with van der Waals surface area (Å²) in [7, 11) is -0.366. The highest BCUT2D eigenvalue weighted by Crippen LogP contribution is 2.39. The second kappa shape index (κ2) is 5.49. The van der Waals surface area contributed by atoms with Gasteiger partial charge in [0.05, 0.1) is 0 Å². The molecule has 0 amide bonds. The number of aryl methyl sites for hydroxylation is 3. The fourth-order valence-electron chi connectivity index (χ4n) is 2.22. The molecule has 0 aliphatic carbocycles. The summed E-state index contributed by atoms with van der Waals surface area (Å²) in [5, 5.41) is 11.3. The molecule has 3 rings (SSSR count). The minimum absolute atomic E-state index is 0.366. The number of thiophene rings is 3. The van der Waals surface area contributed by atoms with E-state index in [1.54, 1.807) is 0 Å². The van der Waals surface area contributed by atoms with Crippen LogP contribution < -0.4 is 15.9 Å². The first kappa shape index (κ1) is 13.5. The minimum atomic E-state index is -0.366. The van der Waals surface area contributed by atoms with Crippen LogP contribution in [0.2, 0.25) is 0 Å². The Kier molecular flexibility index (Phi) is 3.91. The van der Waals surface area contributed by atoms with Crippen LogP contribution in [0.5, 0.6) is 0 Å². The molecule has 0 nitrogen and oxygen atoms in total. The molecule has 0 spiro atoms. The molecule has 3 aromatic heterocycles. The van der Waals surface area contributed by atoms with E-state index in [2.05, 4.69) is 55.1 Å².